The zero-order chi connectivity index (χ0) is 15.8. The van der Waals surface area contributed by atoms with E-state index in [1.807, 2.05) is 28.8 Å². The Hall–Kier alpha value is -3.01. The first-order valence-corrected chi connectivity index (χ1v) is 7.34. The van der Waals surface area contributed by atoms with Crippen LogP contribution in [0.4, 0.5) is 4.39 Å². The van der Waals surface area contributed by atoms with Crippen LogP contribution < -0.4 is 5.43 Å². The Morgan fingerprint density at radius 3 is 2.83 bits per heavy atom. The van der Waals surface area contributed by atoms with Crippen LogP contribution in [-0.4, -0.2) is 9.55 Å². The largest absolute Gasteiger partial charge is 0.343 e. The quantitative estimate of drug-likeness (QED) is 0.565. The lowest BCUT2D eigenvalue weighted by Gasteiger charge is -2.12. The van der Waals surface area contributed by atoms with Gasteiger partial charge in [0.1, 0.15) is 5.82 Å². The van der Waals surface area contributed by atoms with E-state index in [0.29, 0.717) is 11.9 Å². The molecule has 0 spiro atoms. The lowest BCUT2D eigenvalue weighted by molar-refractivity contribution is 0.626. The Bertz CT molecular complexity index is 1090. The maximum absolute atomic E-state index is 13.9. The molecule has 0 N–H and O–H groups in total. The van der Waals surface area contributed by atoms with Crippen LogP contribution in [0, 0.1) is 5.82 Å². The van der Waals surface area contributed by atoms with Crippen LogP contribution >= 0.6 is 0 Å². The molecule has 0 saturated carbocycles. The van der Waals surface area contributed by atoms with Crippen LogP contribution in [0.15, 0.2) is 71.8 Å². The van der Waals surface area contributed by atoms with Crippen molar-refractivity contribution in [2.75, 3.05) is 0 Å². The molecule has 23 heavy (non-hydrogen) atoms. The molecule has 4 rings (SSSR count). The zero-order valence-electron chi connectivity index (χ0n) is 12.2. The summed E-state index contributed by atoms with van der Waals surface area (Å²) in [6.45, 7) is 0.450. The summed E-state index contributed by atoms with van der Waals surface area (Å²) < 4.78 is 15.8. The molecule has 0 amide bonds. The van der Waals surface area contributed by atoms with E-state index in [4.69, 9.17) is 0 Å². The molecular weight excluding hydrogens is 291 g/mol. The van der Waals surface area contributed by atoms with Crippen molar-refractivity contribution in [2.45, 2.75) is 6.54 Å². The molecule has 3 nitrogen and oxygen atoms in total. The number of fused-ring (bicyclic) bond motifs is 2. The van der Waals surface area contributed by atoms with Gasteiger partial charge in [-0.25, -0.2) is 4.39 Å². The van der Waals surface area contributed by atoms with E-state index >= 15 is 0 Å². The molecule has 0 aliphatic heterocycles. The fourth-order valence-electron chi connectivity index (χ4n) is 2.93. The van der Waals surface area contributed by atoms with E-state index in [1.54, 1.807) is 24.5 Å². The van der Waals surface area contributed by atoms with Crippen LogP contribution in [0.2, 0.25) is 0 Å². The van der Waals surface area contributed by atoms with Crippen LogP contribution in [0.25, 0.3) is 21.8 Å². The number of aromatic nitrogens is 2. The number of rotatable bonds is 2. The Morgan fingerprint density at radius 2 is 1.91 bits per heavy atom. The van der Waals surface area contributed by atoms with Gasteiger partial charge in [-0.05, 0) is 30.3 Å². The first-order valence-electron chi connectivity index (χ1n) is 7.34. The second-order valence-electron chi connectivity index (χ2n) is 5.47. The summed E-state index contributed by atoms with van der Waals surface area (Å²) >= 11 is 0. The average Bonchev–Trinajstić information content (AvgIpc) is 2.57. The van der Waals surface area contributed by atoms with Crippen molar-refractivity contribution in [1.82, 2.24) is 9.55 Å². The molecule has 2 heterocycles. The van der Waals surface area contributed by atoms with Crippen LogP contribution in [-0.2, 0) is 6.54 Å². The molecule has 4 aromatic rings. The summed E-state index contributed by atoms with van der Waals surface area (Å²) in [5, 5.41) is 1.43. The number of para-hydroxylation sites is 1. The van der Waals surface area contributed by atoms with Gasteiger partial charge in [0.25, 0.3) is 0 Å². The van der Waals surface area contributed by atoms with E-state index in [1.165, 1.54) is 18.2 Å². The number of pyridine rings is 2. The lowest BCUT2D eigenvalue weighted by atomic mass is 10.1. The summed E-state index contributed by atoms with van der Waals surface area (Å²) in [7, 11) is 0. The highest BCUT2D eigenvalue weighted by atomic mass is 19.1. The molecule has 2 aromatic carbocycles. The topological polar surface area (TPSA) is 34.9 Å². The van der Waals surface area contributed by atoms with Crippen LogP contribution in [0.1, 0.15) is 5.56 Å². The van der Waals surface area contributed by atoms with Crippen molar-refractivity contribution in [3.05, 3.63) is 88.6 Å². The standard InChI is InChI=1S/C19H13FN2O/c20-15-10-13-4-3-8-21-19(13)14(11-15)12-22-9-7-18(23)16-5-1-2-6-17(16)22/h1-11H,12H2. The van der Waals surface area contributed by atoms with Gasteiger partial charge in [-0.1, -0.05) is 18.2 Å². The summed E-state index contributed by atoms with van der Waals surface area (Å²) in [5.41, 5.74) is 2.37. The zero-order valence-corrected chi connectivity index (χ0v) is 12.2. The predicted octanol–water partition coefficient (Wildman–Crippen LogP) is 3.74. The fourth-order valence-corrected chi connectivity index (χ4v) is 2.93. The molecule has 0 atom stereocenters. The predicted molar refractivity (Wildman–Crippen MR) is 89.0 cm³/mol. The minimum absolute atomic E-state index is 0.0147. The van der Waals surface area contributed by atoms with Crippen molar-refractivity contribution < 1.29 is 4.39 Å². The normalized spacial score (nSPS) is 11.2. The minimum atomic E-state index is -0.286. The Labute approximate surface area is 131 Å². The molecule has 0 bridgehead atoms. The molecule has 0 aliphatic carbocycles. The molecule has 0 radical (unpaired) electrons. The number of benzene rings is 2. The molecule has 2 aromatic heterocycles. The third kappa shape index (κ3) is 2.38. The van der Waals surface area contributed by atoms with Gasteiger partial charge in [0.2, 0.25) is 0 Å². The third-order valence-electron chi connectivity index (χ3n) is 3.97. The molecular formula is C19H13FN2O. The third-order valence-corrected chi connectivity index (χ3v) is 3.97. The van der Waals surface area contributed by atoms with E-state index in [9.17, 15) is 9.18 Å². The summed E-state index contributed by atoms with van der Waals surface area (Å²) in [6, 6.07) is 15.6. The molecule has 0 unspecified atom stereocenters. The van der Waals surface area contributed by atoms with Crippen molar-refractivity contribution in [2.24, 2.45) is 0 Å². The SMILES string of the molecule is O=c1ccn(Cc2cc(F)cc3cccnc23)c2ccccc12. The maximum Gasteiger partial charge on any atom is 0.189 e. The van der Waals surface area contributed by atoms with Gasteiger partial charge in [0.15, 0.2) is 5.43 Å². The Balaban J connectivity index is 1.92. The number of halogens is 1. The first-order chi connectivity index (χ1) is 11.2. The molecule has 0 saturated heterocycles. The highest BCUT2D eigenvalue weighted by Gasteiger charge is 2.08. The number of hydrogen-bond acceptors (Lipinski definition) is 2. The molecule has 0 aliphatic rings. The van der Waals surface area contributed by atoms with Gasteiger partial charge in [-0.2, -0.15) is 0 Å². The number of hydrogen-bond donors (Lipinski definition) is 0. The van der Waals surface area contributed by atoms with Gasteiger partial charge in [0, 0.05) is 41.3 Å². The van der Waals surface area contributed by atoms with Crippen LogP contribution in [0.5, 0.6) is 0 Å². The fraction of sp³-hybridized carbons (Fsp3) is 0.0526. The first kappa shape index (κ1) is 13.6. The molecule has 0 fully saturated rings. The lowest BCUT2D eigenvalue weighted by Crippen LogP contribution is -2.09. The Kier molecular flexibility index (Phi) is 3.15. The van der Waals surface area contributed by atoms with Gasteiger partial charge in [-0.3, -0.25) is 9.78 Å². The molecule has 112 valence electrons. The monoisotopic (exact) mass is 304 g/mol. The Morgan fingerprint density at radius 1 is 1.04 bits per heavy atom. The van der Waals surface area contributed by atoms with Gasteiger partial charge < -0.3 is 4.57 Å². The van der Waals surface area contributed by atoms with Crippen molar-refractivity contribution in [3.8, 4) is 0 Å². The van der Waals surface area contributed by atoms with Gasteiger partial charge in [0.05, 0.1) is 11.0 Å². The van der Waals surface area contributed by atoms with Crippen LogP contribution in [0.3, 0.4) is 0 Å². The van der Waals surface area contributed by atoms with Gasteiger partial charge >= 0.3 is 0 Å². The second-order valence-corrected chi connectivity index (χ2v) is 5.47. The summed E-state index contributed by atoms with van der Waals surface area (Å²) in [6.07, 6.45) is 3.44. The summed E-state index contributed by atoms with van der Waals surface area (Å²) in [5.74, 6) is -0.286. The van der Waals surface area contributed by atoms with E-state index in [2.05, 4.69) is 4.98 Å². The van der Waals surface area contributed by atoms with E-state index in [-0.39, 0.29) is 11.2 Å². The van der Waals surface area contributed by atoms with Crippen molar-refractivity contribution in [3.63, 3.8) is 0 Å². The van der Waals surface area contributed by atoms with Gasteiger partial charge in [-0.15, -0.1) is 0 Å². The van der Waals surface area contributed by atoms with E-state index < -0.39 is 0 Å². The summed E-state index contributed by atoms with van der Waals surface area (Å²) in [4.78, 5) is 16.3. The maximum atomic E-state index is 13.9. The smallest absolute Gasteiger partial charge is 0.189 e. The van der Waals surface area contributed by atoms with Crippen molar-refractivity contribution >= 4 is 21.8 Å². The van der Waals surface area contributed by atoms with Crippen molar-refractivity contribution in [1.29, 1.82) is 0 Å². The highest BCUT2D eigenvalue weighted by Crippen LogP contribution is 2.20. The highest BCUT2D eigenvalue weighted by molar-refractivity contribution is 5.82. The average molecular weight is 304 g/mol. The number of nitrogens with zero attached hydrogens (tertiary/aromatic N) is 2. The van der Waals surface area contributed by atoms with E-state index in [0.717, 1.165) is 22.0 Å². The second kappa shape index (κ2) is 5.32. The molecule has 4 heteroatoms. The minimum Gasteiger partial charge on any atom is -0.343 e.